The smallest absolute Gasteiger partial charge is 0.275 e. The Kier molecular flexibility index (Phi) is 5.26. The zero-order valence-corrected chi connectivity index (χ0v) is 13.1. The maximum absolute atomic E-state index is 12.3. The molecule has 0 fully saturated rings. The fourth-order valence-electron chi connectivity index (χ4n) is 2.16. The van der Waals surface area contributed by atoms with Crippen LogP contribution in [-0.4, -0.2) is 21.9 Å². The van der Waals surface area contributed by atoms with Gasteiger partial charge in [0.15, 0.2) is 0 Å². The predicted octanol–water partition coefficient (Wildman–Crippen LogP) is 2.53. The molecule has 2 aromatic carbocycles. The summed E-state index contributed by atoms with van der Waals surface area (Å²) >= 11 is 0. The number of nitrogens with zero attached hydrogens (tertiary/aromatic N) is 1. The first kappa shape index (κ1) is 16.9. The van der Waals surface area contributed by atoms with E-state index >= 15 is 0 Å². The van der Waals surface area contributed by atoms with Crippen LogP contribution in [0.4, 0.5) is 0 Å². The highest BCUT2D eigenvalue weighted by Gasteiger charge is 2.21. The van der Waals surface area contributed by atoms with Crippen LogP contribution in [0.25, 0.3) is 0 Å². The molecule has 0 aliphatic rings. The second-order valence-corrected chi connectivity index (χ2v) is 5.66. The van der Waals surface area contributed by atoms with Crippen LogP contribution in [-0.2, 0) is 0 Å². The second-order valence-electron chi connectivity index (χ2n) is 5.66. The summed E-state index contributed by atoms with van der Waals surface area (Å²) in [5.41, 5.74) is 1.35. The molecular weight excluding hydrogens is 292 g/mol. The molecule has 2 amide bonds. The van der Waals surface area contributed by atoms with Crippen LogP contribution in [0.15, 0.2) is 54.6 Å². The zero-order valence-electron chi connectivity index (χ0n) is 13.1. The molecular formula is C18H20N2O3. The lowest BCUT2D eigenvalue weighted by Gasteiger charge is -2.17. The molecule has 0 heterocycles. The van der Waals surface area contributed by atoms with Gasteiger partial charge in [-0.25, -0.2) is 10.9 Å². The molecule has 2 aromatic rings. The number of benzene rings is 2. The van der Waals surface area contributed by atoms with Gasteiger partial charge in [-0.2, -0.15) is 0 Å². The fraction of sp³-hybridized carbons (Fsp3) is 0.222. The van der Waals surface area contributed by atoms with Gasteiger partial charge in [0.25, 0.3) is 11.8 Å². The Hall–Kier alpha value is -2.50. The number of rotatable bonds is 4. The van der Waals surface area contributed by atoms with E-state index in [1.54, 1.807) is 54.6 Å². The van der Waals surface area contributed by atoms with Crippen molar-refractivity contribution in [3.8, 4) is 0 Å². The molecule has 120 valence electrons. The number of carbonyl (C=O) groups excluding carboxylic acids is 2. The number of nitrogens with two attached hydrogens (primary N) is 1. The van der Waals surface area contributed by atoms with Crippen molar-refractivity contribution in [3.05, 3.63) is 71.3 Å². The predicted molar refractivity (Wildman–Crippen MR) is 87.4 cm³/mol. The van der Waals surface area contributed by atoms with Gasteiger partial charge in [-0.05, 0) is 35.7 Å². The van der Waals surface area contributed by atoms with E-state index in [9.17, 15) is 14.7 Å². The number of hydrogen-bond donors (Lipinski definition) is 2. The minimum absolute atomic E-state index is 0.0715. The van der Waals surface area contributed by atoms with Gasteiger partial charge in [0.05, 0.1) is 6.10 Å². The molecule has 5 heteroatoms. The molecule has 5 nitrogen and oxygen atoms in total. The number of carbonyl (C=O) groups is 2. The number of hydrazine groups is 1. The van der Waals surface area contributed by atoms with Gasteiger partial charge in [-0.1, -0.05) is 44.2 Å². The lowest BCUT2D eigenvalue weighted by molar-refractivity contribution is 0.0615. The molecule has 0 radical (unpaired) electrons. The van der Waals surface area contributed by atoms with Crippen molar-refractivity contribution in [1.29, 1.82) is 0 Å². The summed E-state index contributed by atoms with van der Waals surface area (Å²) in [6, 6.07) is 14.8. The van der Waals surface area contributed by atoms with E-state index in [1.165, 1.54) is 0 Å². The van der Waals surface area contributed by atoms with Gasteiger partial charge < -0.3 is 5.11 Å². The highest BCUT2D eigenvalue weighted by atomic mass is 16.3. The summed E-state index contributed by atoms with van der Waals surface area (Å²) in [5, 5.41) is 10.6. The molecule has 23 heavy (non-hydrogen) atoms. The zero-order chi connectivity index (χ0) is 17.0. The molecule has 2 rings (SSSR count). The third-order valence-electron chi connectivity index (χ3n) is 3.59. The van der Waals surface area contributed by atoms with E-state index < -0.39 is 17.9 Å². The number of hydrogen-bond acceptors (Lipinski definition) is 4. The summed E-state index contributed by atoms with van der Waals surface area (Å²) in [7, 11) is 0. The second kappa shape index (κ2) is 7.17. The van der Waals surface area contributed by atoms with E-state index in [0.29, 0.717) is 10.6 Å². The Morgan fingerprint density at radius 2 is 1.39 bits per heavy atom. The van der Waals surface area contributed by atoms with Crippen LogP contribution in [0.3, 0.4) is 0 Å². The highest BCUT2D eigenvalue weighted by molar-refractivity contribution is 6.09. The van der Waals surface area contributed by atoms with E-state index in [1.807, 2.05) is 13.8 Å². The minimum atomic E-state index is -0.598. The van der Waals surface area contributed by atoms with Crippen molar-refractivity contribution in [2.75, 3.05) is 0 Å². The molecule has 0 aliphatic carbocycles. The summed E-state index contributed by atoms with van der Waals surface area (Å²) in [5.74, 6) is 4.57. The van der Waals surface area contributed by atoms with Crippen molar-refractivity contribution < 1.29 is 14.7 Å². The van der Waals surface area contributed by atoms with Crippen molar-refractivity contribution in [2.45, 2.75) is 20.0 Å². The Morgan fingerprint density at radius 3 is 1.87 bits per heavy atom. The van der Waals surface area contributed by atoms with E-state index in [-0.39, 0.29) is 11.5 Å². The molecule has 0 saturated heterocycles. The maximum atomic E-state index is 12.3. The summed E-state index contributed by atoms with van der Waals surface area (Å²) < 4.78 is 0. The molecule has 0 saturated carbocycles. The van der Waals surface area contributed by atoms with Crippen LogP contribution in [0, 0.1) is 5.92 Å². The normalized spacial score (nSPS) is 12.0. The molecule has 1 atom stereocenters. The molecule has 1 unspecified atom stereocenters. The quantitative estimate of drug-likeness (QED) is 0.393. The Labute approximate surface area is 135 Å². The maximum Gasteiger partial charge on any atom is 0.275 e. The van der Waals surface area contributed by atoms with Gasteiger partial charge in [0.1, 0.15) is 0 Å². The Balaban J connectivity index is 2.15. The van der Waals surface area contributed by atoms with E-state index in [4.69, 9.17) is 5.84 Å². The third kappa shape index (κ3) is 3.83. The first-order valence-electron chi connectivity index (χ1n) is 7.38. The standard InChI is InChI=1S/C18H20N2O3/c1-12(2)16(21)13-8-10-15(11-9-13)18(23)20(19)17(22)14-6-4-3-5-7-14/h3-12,16,21H,19H2,1-2H3. The topological polar surface area (TPSA) is 83.6 Å². The molecule has 0 spiro atoms. The average Bonchev–Trinajstić information content (AvgIpc) is 2.60. The van der Waals surface area contributed by atoms with Crippen LogP contribution in [0.1, 0.15) is 46.2 Å². The summed E-state index contributed by atoms with van der Waals surface area (Å²) in [6.45, 7) is 3.81. The first-order chi connectivity index (χ1) is 10.9. The van der Waals surface area contributed by atoms with E-state index in [0.717, 1.165) is 5.56 Å². The van der Waals surface area contributed by atoms with Gasteiger partial charge in [0.2, 0.25) is 0 Å². The molecule has 0 aromatic heterocycles. The van der Waals surface area contributed by atoms with Gasteiger partial charge in [0, 0.05) is 11.1 Å². The number of aliphatic hydroxyl groups excluding tert-OH is 1. The molecule has 3 N–H and O–H groups in total. The average molecular weight is 312 g/mol. The van der Waals surface area contributed by atoms with Crippen molar-refractivity contribution in [2.24, 2.45) is 11.8 Å². The minimum Gasteiger partial charge on any atom is -0.388 e. The summed E-state index contributed by atoms with van der Waals surface area (Å²) in [4.78, 5) is 24.5. The van der Waals surface area contributed by atoms with Crippen molar-refractivity contribution >= 4 is 11.8 Å². The lowest BCUT2D eigenvalue weighted by Crippen LogP contribution is -2.42. The fourth-order valence-corrected chi connectivity index (χ4v) is 2.16. The Bertz CT molecular complexity index is 681. The SMILES string of the molecule is CC(C)C(O)c1ccc(C(=O)N(N)C(=O)c2ccccc2)cc1. The lowest BCUT2D eigenvalue weighted by atomic mass is 9.98. The van der Waals surface area contributed by atoms with Crippen LogP contribution < -0.4 is 5.84 Å². The van der Waals surface area contributed by atoms with Crippen molar-refractivity contribution in [1.82, 2.24) is 5.01 Å². The first-order valence-corrected chi connectivity index (χ1v) is 7.38. The largest absolute Gasteiger partial charge is 0.388 e. The number of amides is 2. The number of aliphatic hydroxyl groups is 1. The highest BCUT2D eigenvalue weighted by Crippen LogP contribution is 2.21. The van der Waals surface area contributed by atoms with Crippen molar-refractivity contribution in [3.63, 3.8) is 0 Å². The monoisotopic (exact) mass is 312 g/mol. The Morgan fingerprint density at radius 1 is 0.913 bits per heavy atom. The van der Waals surface area contributed by atoms with Crippen LogP contribution >= 0.6 is 0 Å². The number of imide groups is 1. The van der Waals surface area contributed by atoms with Gasteiger partial charge >= 0.3 is 0 Å². The molecule has 0 bridgehead atoms. The molecule has 0 aliphatic heterocycles. The van der Waals surface area contributed by atoms with Crippen LogP contribution in [0.2, 0.25) is 0 Å². The van der Waals surface area contributed by atoms with Gasteiger partial charge in [-0.3, -0.25) is 9.59 Å². The summed E-state index contributed by atoms with van der Waals surface area (Å²) in [6.07, 6.45) is -0.598. The van der Waals surface area contributed by atoms with Crippen LogP contribution in [0.5, 0.6) is 0 Å². The third-order valence-corrected chi connectivity index (χ3v) is 3.59. The van der Waals surface area contributed by atoms with E-state index in [2.05, 4.69) is 0 Å². The van der Waals surface area contributed by atoms with Gasteiger partial charge in [-0.15, -0.1) is 0 Å².